The fourth-order valence-electron chi connectivity index (χ4n) is 3.14. The van der Waals surface area contributed by atoms with Crippen LogP contribution in [0.15, 0.2) is 71.7 Å². The molecule has 2 amide bonds. The maximum absolute atomic E-state index is 13.5. The summed E-state index contributed by atoms with van der Waals surface area (Å²) in [5.74, 6) is -0.493. The first-order valence-electron chi connectivity index (χ1n) is 8.81. The number of aliphatic imine (C=N–C) groups is 1. The molecule has 8 heteroatoms. The second-order valence-electron chi connectivity index (χ2n) is 6.41. The standard InChI is InChI=1S/C21H17ClFN5O/c22-17-11-14(6-8-18(17)23)26-20-16-10-13(27-21(24)29)7-9-19(16)28(12-25-20)15-4-2-1-3-5-15/h1-12,20,26H,(H3,24,27,29). The van der Waals surface area contributed by atoms with Crippen LogP contribution in [0.1, 0.15) is 11.7 Å². The molecule has 146 valence electrons. The quantitative estimate of drug-likeness (QED) is 0.549. The molecule has 3 aromatic rings. The van der Waals surface area contributed by atoms with Gasteiger partial charge in [0.25, 0.3) is 0 Å². The number of hydrogen-bond acceptors (Lipinski definition) is 4. The van der Waals surface area contributed by atoms with Crippen LogP contribution in [0.3, 0.4) is 0 Å². The van der Waals surface area contributed by atoms with Crippen molar-refractivity contribution < 1.29 is 9.18 Å². The number of primary amides is 1. The second-order valence-corrected chi connectivity index (χ2v) is 6.82. The van der Waals surface area contributed by atoms with Gasteiger partial charge in [0, 0.05) is 22.6 Å². The average Bonchev–Trinajstić information content (AvgIpc) is 2.71. The van der Waals surface area contributed by atoms with E-state index in [0.717, 1.165) is 16.9 Å². The van der Waals surface area contributed by atoms with E-state index in [2.05, 4.69) is 15.6 Å². The highest BCUT2D eigenvalue weighted by atomic mass is 35.5. The van der Waals surface area contributed by atoms with Gasteiger partial charge in [0.1, 0.15) is 12.0 Å². The van der Waals surface area contributed by atoms with Gasteiger partial charge in [-0.1, -0.05) is 29.8 Å². The monoisotopic (exact) mass is 409 g/mol. The zero-order valence-corrected chi connectivity index (χ0v) is 15.9. The van der Waals surface area contributed by atoms with Gasteiger partial charge >= 0.3 is 6.03 Å². The van der Waals surface area contributed by atoms with Crippen molar-refractivity contribution in [2.45, 2.75) is 6.17 Å². The molecule has 0 saturated heterocycles. The molecule has 4 N–H and O–H groups in total. The summed E-state index contributed by atoms with van der Waals surface area (Å²) < 4.78 is 13.5. The van der Waals surface area contributed by atoms with Crippen molar-refractivity contribution in [3.8, 4) is 0 Å². The Kier molecular flexibility index (Phi) is 5.05. The van der Waals surface area contributed by atoms with Gasteiger partial charge in [-0.2, -0.15) is 0 Å². The zero-order valence-electron chi connectivity index (χ0n) is 15.1. The third kappa shape index (κ3) is 4.00. The van der Waals surface area contributed by atoms with Crippen LogP contribution in [0, 0.1) is 5.82 Å². The van der Waals surface area contributed by atoms with Gasteiger partial charge in [0.05, 0.1) is 17.0 Å². The van der Waals surface area contributed by atoms with Crippen molar-refractivity contribution in [2.24, 2.45) is 10.7 Å². The first-order chi connectivity index (χ1) is 14.0. The lowest BCUT2D eigenvalue weighted by atomic mass is 10.1. The summed E-state index contributed by atoms with van der Waals surface area (Å²) in [7, 11) is 0. The Labute approximate surface area is 171 Å². The normalized spacial score (nSPS) is 15.0. The summed E-state index contributed by atoms with van der Waals surface area (Å²) in [6.07, 6.45) is 1.25. The number of nitrogens with zero attached hydrogens (tertiary/aromatic N) is 2. The molecule has 1 atom stereocenters. The summed E-state index contributed by atoms with van der Waals surface area (Å²) in [6.45, 7) is 0. The summed E-state index contributed by atoms with van der Waals surface area (Å²) >= 11 is 5.89. The van der Waals surface area contributed by atoms with Crippen LogP contribution < -0.4 is 21.3 Å². The number of amides is 2. The molecule has 0 fully saturated rings. The van der Waals surface area contributed by atoms with E-state index < -0.39 is 18.0 Å². The molecule has 1 heterocycles. The number of carbonyl (C=O) groups is 1. The highest BCUT2D eigenvalue weighted by Gasteiger charge is 2.24. The topological polar surface area (TPSA) is 82.8 Å². The molecule has 0 bridgehead atoms. The maximum Gasteiger partial charge on any atom is 0.316 e. The summed E-state index contributed by atoms with van der Waals surface area (Å²) in [4.78, 5) is 17.8. The van der Waals surface area contributed by atoms with Gasteiger partial charge < -0.3 is 21.3 Å². The highest BCUT2D eigenvalue weighted by molar-refractivity contribution is 6.31. The van der Waals surface area contributed by atoms with Crippen LogP contribution in [0.2, 0.25) is 5.02 Å². The molecule has 1 aliphatic rings. The molecule has 0 radical (unpaired) electrons. The predicted molar refractivity (Wildman–Crippen MR) is 114 cm³/mol. The number of urea groups is 1. The minimum atomic E-state index is -0.654. The summed E-state index contributed by atoms with van der Waals surface area (Å²) in [6, 6.07) is 18.9. The molecule has 1 unspecified atom stereocenters. The largest absolute Gasteiger partial charge is 0.360 e. The number of fused-ring (bicyclic) bond motifs is 1. The SMILES string of the molecule is NC(=O)Nc1ccc2c(c1)C(Nc1ccc(F)c(Cl)c1)N=CN2c1ccccc1. The first-order valence-corrected chi connectivity index (χ1v) is 9.18. The Morgan fingerprint density at radius 1 is 1.07 bits per heavy atom. The van der Waals surface area contributed by atoms with Crippen LogP contribution >= 0.6 is 11.6 Å². The van der Waals surface area contributed by atoms with Crippen LogP contribution in [0.4, 0.5) is 31.9 Å². The number of para-hydroxylation sites is 1. The Morgan fingerprint density at radius 2 is 1.83 bits per heavy atom. The van der Waals surface area contributed by atoms with Crippen molar-refractivity contribution in [3.05, 3.63) is 83.1 Å². The van der Waals surface area contributed by atoms with E-state index in [9.17, 15) is 9.18 Å². The van der Waals surface area contributed by atoms with E-state index in [4.69, 9.17) is 17.3 Å². The van der Waals surface area contributed by atoms with Gasteiger partial charge in [0.15, 0.2) is 0 Å². The molecular formula is C21H17ClFN5O. The fraction of sp³-hybridized carbons (Fsp3) is 0.0476. The first kappa shape index (κ1) is 18.8. The molecule has 0 saturated carbocycles. The van der Waals surface area contributed by atoms with Crippen molar-refractivity contribution in [1.82, 2.24) is 0 Å². The highest BCUT2D eigenvalue weighted by Crippen LogP contribution is 2.38. The third-order valence-electron chi connectivity index (χ3n) is 4.44. The van der Waals surface area contributed by atoms with E-state index in [0.29, 0.717) is 11.4 Å². The molecule has 3 aromatic carbocycles. The number of rotatable bonds is 4. The Hall–Kier alpha value is -3.58. The van der Waals surface area contributed by atoms with Crippen LogP contribution in [0.5, 0.6) is 0 Å². The summed E-state index contributed by atoms with van der Waals surface area (Å²) in [5, 5.41) is 5.84. The lowest BCUT2D eigenvalue weighted by molar-refractivity contribution is 0.259. The number of nitrogens with two attached hydrogens (primary N) is 1. The van der Waals surface area contributed by atoms with Crippen molar-refractivity contribution in [3.63, 3.8) is 0 Å². The number of nitrogens with one attached hydrogen (secondary N) is 2. The smallest absolute Gasteiger partial charge is 0.316 e. The lowest BCUT2D eigenvalue weighted by Crippen LogP contribution is -2.25. The van der Waals surface area contributed by atoms with Gasteiger partial charge in [-0.15, -0.1) is 0 Å². The van der Waals surface area contributed by atoms with E-state index in [-0.39, 0.29) is 5.02 Å². The molecule has 29 heavy (non-hydrogen) atoms. The van der Waals surface area contributed by atoms with Crippen LogP contribution in [0.25, 0.3) is 0 Å². The second kappa shape index (κ2) is 7.81. The molecule has 1 aliphatic heterocycles. The molecule has 0 spiro atoms. The van der Waals surface area contributed by atoms with Gasteiger partial charge in [-0.3, -0.25) is 0 Å². The van der Waals surface area contributed by atoms with Crippen molar-refractivity contribution >= 4 is 46.7 Å². The number of hydrogen-bond donors (Lipinski definition) is 3. The zero-order chi connectivity index (χ0) is 20.4. The number of carbonyl (C=O) groups excluding carboxylic acids is 1. The van der Waals surface area contributed by atoms with E-state index in [1.165, 1.54) is 12.1 Å². The van der Waals surface area contributed by atoms with Crippen molar-refractivity contribution in [1.29, 1.82) is 0 Å². The third-order valence-corrected chi connectivity index (χ3v) is 4.73. The summed E-state index contributed by atoms with van der Waals surface area (Å²) in [5.41, 5.74) is 9.05. The van der Waals surface area contributed by atoms with E-state index in [1.807, 2.05) is 41.3 Å². The molecular weight excluding hydrogens is 393 g/mol. The van der Waals surface area contributed by atoms with Crippen LogP contribution in [-0.2, 0) is 0 Å². The Balaban J connectivity index is 1.74. The Morgan fingerprint density at radius 3 is 2.55 bits per heavy atom. The molecule has 0 aliphatic carbocycles. The lowest BCUT2D eigenvalue weighted by Gasteiger charge is -2.31. The van der Waals surface area contributed by atoms with E-state index in [1.54, 1.807) is 24.5 Å². The minimum absolute atomic E-state index is 0.0186. The number of benzene rings is 3. The molecule has 6 nitrogen and oxygen atoms in total. The van der Waals surface area contributed by atoms with Gasteiger partial charge in [-0.25, -0.2) is 14.2 Å². The minimum Gasteiger partial charge on any atom is -0.360 e. The number of halogens is 2. The maximum atomic E-state index is 13.5. The van der Waals surface area contributed by atoms with Crippen LogP contribution in [-0.4, -0.2) is 12.4 Å². The number of anilines is 4. The predicted octanol–water partition coefficient (Wildman–Crippen LogP) is 5.26. The van der Waals surface area contributed by atoms with E-state index >= 15 is 0 Å². The van der Waals surface area contributed by atoms with Gasteiger partial charge in [0.2, 0.25) is 0 Å². The average molecular weight is 410 g/mol. The Bertz CT molecular complexity index is 1090. The molecule has 0 aromatic heterocycles. The fourth-order valence-corrected chi connectivity index (χ4v) is 3.32. The van der Waals surface area contributed by atoms with Crippen molar-refractivity contribution in [2.75, 3.05) is 15.5 Å². The molecule has 4 rings (SSSR count). The van der Waals surface area contributed by atoms with Gasteiger partial charge in [-0.05, 0) is 48.5 Å².